The predicted octanol–water partition coefficient (Wildman–Crippen LogP) is 10.0. The number of aromatic nitrogens is 5. The van der Waals surface area contributed by atoms with Crippen molar-refractivity contribution >= 4 is 60.2 Å². The van der Waals surface area contributed by atoms with E-state index in [0.717, 1.165) is 66.6 Å². The maximum absolute atomic E-state index is 5.29. The first kappa shape index (κ1) is 25.0. The van der Waals surface area contributed by atoms with E-state index in [-0.39, 0.29) is 0 Å². The first-order valence-corrected chi connectivity index (χ1v) is 15.5. The van der Waals surface area contributed by atoms with E-state index in [1.807, 2.05) is 24.3 Å². The number of benzene rings is 6. The van der Waals surface area contributed by atoms with Crippen LogP contribution in [0.25, 0.3) is 88.6 Å². The molecule has 6 aromatic carbocycles. The summed E-state index contributed by atoms with van der Waals surface area (Å²) in [7, 11) is 0. The molecule has 10 rings (SSSR count). The lowest BCUT2D eigenvalue weighted by molar-refractivity contribution is 1.05. The van der Waals surface area contributed by atoms with Gasteiger partial charge in [-0.1, -0.05) is 121 Å². The van der Waals surface area contributed by atoms with Crippen LogP contribution in [-0.4, -0.2) is 23.9 Å². The number of fused-ring (bicyclic) bond motifs is 12. The van der Waals surface area contributed by atoms with E-state index < -0.39 is 0 Å². The van der Waals surface area contributed by atoms with Crippen molar-refractivity contribution in [3.63, 3.8) is 0 Å². The van der Waals surface area contributed by atoms with Gasteiger partial charge in [0.25, 0.3) is 0 Å². The molecule has 0 fully saturated rings. The molecule has 5 nitrogen and oxygen atoms in total. The van der Waals surface area contributed by atoms with Gasteiger partial charge in [0.15, 0.2) is 5.82 Å². The molecule has 46 heavy (non-hydrogen) atoms. The Bertz CT molecular complexity index is 2740. The van der Waals surface area contributed by atoms with Crippen molar-refractivity contribution in [2.24, 2.45) is 0 Å². The van der Waals surface area contributed by atoms with E-state index in [9.17, 15) is 0 Å². The summed E-state index contributed by atoms with van der Waals surface area (Å²) in [6, 6.07) is 52.9. The number of hydrogen-bond donors (Lipinski definition) is 0. The molecule has 10 aromatic rings. The Labute approximate surface area is 263 Å². The van der Waals surface area contributed by atoms with Gasteiger partial charge in [-0.2, -0.15) is 0 Å². The fourth-order valence-electron chi connectivity index (χ4n) is 7.11. The normalized spacial score (nSPS) is 11.9. The third-order valence-electron chi connectivity index (χ3n) is 9.10. The van der Waals surface area contributed by atoms with Gasteiger partial charge in [-0.3, -0.25) is 8.97 Å². The molecule has 0 bridgehead atoms. The molecule has 0 aliphatic heterocycles. The van der Waals surface area contributed by atoms with Gasteiger partial charge in [0.05, 0.1) is 33.3 Å². The second-order valence-electron chi connectivity index (χ2n) is 11.7. The highest BCUT2D eigenvalue weighted by molar-refractivity contribution is 6.27. The maximum Gasteiger partial charge on any atom is 0.162 e. The number of rotatable bonds is 3. The summed E-state index contributed by atoms with van der Waals surface area (Å²) in [6.07, 6.45) is 0. The molecule has 0 radical (unpaired) electrons. The Kier molecular flexibility index (Phi) is 5.22. The van der Waals surface area contributed by atoms with Gasteiger partial charge in [0.2, 0.25) is 0 Å². The molecule has 0 atom stereocenters. The summed E-state index contributed by atoms with van der Waals surface area (Å²) < 4.78 is 4.66. The van der Waals surface area contributed by atoms with Crippen molar-refractivity contribution in [1.29, 1.82) is 0 Å². The third kappa shape index (κ3) is 3.54. The Hall–Kier alpha value is -6.33. The summed E-state index contributed by atoms with van der Waals surface area (Å²) in [4.78, 5) is 15.5. The SMILES string of the molecule is c1ccc(-c2cc(-n3c4ccccc4c4ccc5c(c6ccccc6c6nc7ccccc7n56)c43)nc(-c3ccccc3)n2)cc1. The summed E-state index contributed by atoms with van der Waals surface area (Å²) in [5.74, 6) is 1.52. The molecule has 0 saturated carbocycles. The first-order valence-electron chi connectivity index (χ1n) is 15.5. The summed E-state index contributed by atoms with van der Waals surface area (Å²) >= 11 is 0. The second kappa shape index (κ2) is 9.58. The van der Waals surface area contributed by atoms with E-state index in [1.54, 1.807) is 0 Å². The minimum atomic E-state index is 0.691. The highest BCUT2D eigenvalue weighted by Crippen LogP contribution is 2.41. The second-order valence-corrected chi connectivity index (χ2v) is 11.7. The molecular formula is C41H25N5. The largest absolute Gasteiger partial charge is 0.293 e. The maximum atomic E-state index is 5.29. The molecule has 5 heteroatoms. The monoisotopic (exact) mass is 587 g/mol. The highest BCUT2D eigenvalue weighted by atomic mass is 15.1. The number of nitrogens with zero attached hydrogens (tertiary/aromatic N) is 5. The topological polar surface area (TPSA) is 48.0 Å². The average Bonchev–Trinajstić information content (AvgIpc) is 3.69. The Morgan fingerprint density at radius 3 is 1.89 bits per heavy atom. The Balaban J connectivity index is 1.43. The van der Waals surface area contributed by atoms with Crippen LogP contribution in [0.4, 0.5) is 0 Å². The average molecular weight is 588 g/mol. The van der Waals surface area contributed by atoms with E-state index in [0.29, 0.717) is 5.82 Å². The fourth-order valence-corrected chi connectivity index (χ4v) is 7.11. The third-order valence-corrected chi connectivity index (χ3v) is 9.10. The van der Waals surface area contributed by atoms with Crippen LogP contribution in [0.15, 0.2) is 152 Å². The highest BCUT2D eigenvalue weighted by Gasteiger charge is 2.22. The van der Waals surface area contributed by atoms with Crippen molar-refractivity contribution in [2.75, 3.05) is 0 Å². The van der Waals surface area contributed by atoms with Crippen LogP contribution in [0.1, 0.15) is 0 Å². The quantitative estimate of drug-likeness (QED) is 0.193. The van der Waals surface area contributed by atoms with Crippen molar-refractivity contribution in [2.45, 2.75) is 0 Å². The molecule has 0 N–H and O–H groups in total. The number of pyridine rings is 1. The molecular weight excluding hydrogens is 562 g/mol. The van der Waals surface area contributed by atoms with E-state index in [4.69, 9.17) is 15.0 Å². The van der Waals surface area contributed by atoms with Crippen LogP contribution in [0.2, 0.25) is 0 Å². The van der Waals surface area contributed by atoms with E-state index >= 15 is 0 Å². The molecule has 0 aliphatic carbocycles. The fraction of sp³-hybridized carbons (Fsp3) is 0. The van der Waals surface area contributed by atoms with Crippen molar-refractivity contribution in [3.05, 3.63) is 152 Å². The zero-order chi connectivity index (χ0) is 30.2. The molecule has 214 valence electrons. The van der Waals surface area contributed by atoms with Crippen molar-refractivity contribution < 1.29 is 0 Å². The van der Waals surface area contributed by atoms with Crippen LogP contribution < -0.4 is 0 Å². The molecule has 4 aromatic heterocycles. The van der Waals surface area contributed by atoms with Crippen LogP contribution in [0.5, 0.6) is 0 Å². The van der Waals surface area contributed by atoms with Crippen LogP contribution in [-0.2, 0) is 0 Å². The van der Waals surface area contributed by atoms with Gasteiger partial charge in [-0.05, 0) is 29.7 Å². The number of imidazole rings is 1. The summed E-state index contributed by atoms with van der Waals surface area (Å²) in [5.41, 5.74) is 9.27. The molecule has 0 saturated heterocycles. The standard InChI is InChI=1S/C41H25N5/c1-3-13-26(14-4-1)33-25-37(44-40(42-33)27-15-5-2-6-16-27)46-34-21-11-9-17-28(34)30-23-24-36-38(39(30)46)29-18-7-8-19-31(29)41-43-32-20-10-12-22-35(32)45(36)41/h1-25H. The summed E-state index contributed by atoms with van der Waals surface area (Å²) in [5, 5.41) is 5.81. The minimum Gasteiger partial charge on any atom is -0.293 e. The number of para-hydroxylation sites is 3. The van der Waals surface area contributed by atoms with Crippen LogP contribution in [0.3, 0.4) is 0 Å². The zero-order valence-corrected chi connectivity index (χ0v) is 24.7. The lowest BCUT2D eigenvalue weighted by Gasteiger charge is -2.15. The number of hydrogen-bond acceptors (Lipinski definition) is 3. The molecule has 0 aliphatic rings. The minimum absolute atomic E-state index is 0.691. The van der Waals surface area contributed by atoms with Crippen molar-refractivity contribution in [3.8, 4) is 28.5 Å². The smallest absolute Gasteiger partial charge is 0.162 e. The van der Waals surface area contributed by atoms with E-state index in [2.05, 4.69) is 136 Å². The summed E-state index contributed by atoms with van der Waals surface area (Å²) in [6.45, 7) is 0. The lowest BCUT2D eigenvalue weighted by atomic mass is 10.0. The van der Waals surface area contributed by atoms with Crippen molar-refractivity contribution in [1.82, 2.24) is 23.9 Å². The van der Waals surface area contributed by atoms with Gasteiger partial charge < -0.3 is 0 Å². The van der Waals surface area contributed by atoms with Gasteiger partial charge >= 0.3 is 0 Å². The van der Waals surface area contributed by atoms with Gasteiger partial charge in [-0.25, -0.2) is 15.0 Å². The Morgan fingerprint density at radius 2 is 1.09 bits per heavy atom. The molecule has 0 amide bonds. The first-order chi connectivity index (χ1) is 22.8. The predicted molar refractivity (Wildman–Crippen MR) is 189 cm³/mol. The molecule has 0 unspecified atom stereocenters. The Morgan fingerprint density at radius 1 is 0.435 bits per heavy atom. The van der Waals surface area contributed by atoms with Gasteiger partial charge in [0, 0.05) is 38.7 Å². The van der Waals surface area contributed by atoms with E-state index in [1.165, 1.54) is 16.2 Å². The molecule has 0 spiro atoms. The molecule has 4 heterocycles. The van der Waals surface area contributed by atoms with Crippen LogP contribution in [0, 0.1) is 0 Å². The zero-order valence-electron chi connectivity index (χ0n) is 24.7. The van der Waals surface area contributed by atoms with Gasteiger partial charge in [0.1, 0.15) is 11.5 Å². The lowest BCUT2D eigenvalue weighted by Crippen LogP contribution is -2.03. The van der Waals surface area contributed by atoms with Crippen LogP contribution >= 0.6 is 0 Å². The van der Waals surface area contributed by atoms with Gasteiger partial charge in [-0.15, -0.1) is 0 Å².